The molecule has 1 heterocycles. The van der Waals surface area contributed by atoms with Gasteiger partial charge in [0.05, 0.1) is 0 Å². The molecule has 0 saturated carbocycles. The van der Waals surface area contributed by atoms with Crippen LogP contribution in [0.1, 0.15) is 0 Å². The molecule has 0 N–H and O–H groups in total. The van der Waals surface area contributed by atoms with Crippen LogP contribution in [-0.2, 0) is 0 Å². The van der Waals surface area contributed by atoms with Crippen LogP contribution in [0, 0.1) is 0 Å². The van der Waals surface area contributed by atoms with Gasteiger partial charge in [-0.2, -0.15) is 0 Å². The smallest absolute Gasteiger partial charge is 0.134 e. The quantitative estimate of drug-likeness (QED) is 0.768. The standard InChI is InChI=1S/C15H13NS2/c1-3-7-13(8-4-1)16(15-17-11-12-18-15)14-9-5-2-6-10-14/h1-12,15H. The Labute approximate surface area is 116 Å². The van der Waals surface area contributed by atoms with Crippen molar-refractivity contribution in [2.24, 2.45) is 0 Å². The summed E-state index contributed by atoms with van der Waals surface area (Å²) < 4.78 is 0.384. The first-order chi connectivity index (χ1) is 8.95. The number of anilines is 2. The van der Waals surface area contributed by atoms with E-state index >= 15 is 0 Å². The van der Waals surface area contributed by atoms with Crippen molar-refractivity contribution in [1.82, 2.24) is 0 Å². The van der Waals surface area contributed by atoms with E-state index in [4.69, 9.17) is 0 Å². The summed E-state index contributed by atoms with van der Waals surface area (Å²) in [5.74, 6) is 0. The fourth-order valence-corrected chi connectivity index (χ4v) is 4.08. The first kappa shape index (κ1) is 11.8. The summed E-state index contributed by atoms with van der Waals surface area (Å²) in [4.78, 5) is 2.37. The zero-order valence-corrected chi connectivity index (χ0v) is 11.4. The Balaban J connectivity index is 1.99. The highest BCUT2D eigenvalue weighted by Gasteiger charge is 2.22. The highest BCUT2D eigenvalue weighted by Crippen LogP contribution is 2.42. The predicted molar refractivity (Wildman–Crippen MR) is 83.1 cm³/mol. The summed E-state index contributed by atoms with van der Waals surface area (Å²) in [6, 6.07) is 21.1. The molecule has 2 aromatic rings. The molecule has 0 atom stereocenters. The van der Waals surface area contributed by atoms with E-state index in [-0.39, 0.29) is 0 Å². The van der Waals surface area contributed by atoms with Gasteiger partial charge in [0, 0.05) is 11.4 Å². The molecule has 1 nitrogen and oxygen atoms in total. The van der Waals surface area contributed by atoms with Crippen molar-refractivity contribution in [2.75, 3.05) is 4.90 Å². The maximum atomic E-state index is 2.37. The maximum absolute atomic E-state index is 2.37. The fourth-order valence-electron chi connectivity index (χ4n) is 1.92. The van der Waals surface area contributed by atoms with Crippen molar-refractivity contribution in [3.8, 4) is 0 Å². The monoisotopic (exact) mass is 271 g/mol. The highest BCUT2D eigenvalue weighted by atomic mass is 32.2. The molecule has 2 aromatic carbocycles. The van der Waals surface area contributed by atoms with Crippen molar-refractivity contribution < 1.29 is 0 Å². The van der Waals surface area contributed by atoms with Gasteiger partial charge in [-0.05, 0) is 35.1 Å². The van der Waals surface area contributed by atoms with Gasteiger partial charge in [-0.25, -0.2) is 0 Å². The Hall–Kier alpha value is -1.32. The van der Waals surface area contributed by atoms with Gasteiger partial charge < -0.3 is 4.90 Å². The van der Waals surface area contributed by atoms with Crippen molar-refractivity contribution in [3.63, 3.8) is 0 Å². The summed E-state index contributed by atoms with van der Waals surface area (Å²) >= 11 is 3.70. The van der Waals surface area contributed by atoms with Crippen molar-refractivity contribution >= 4 is 34.9 Å². The number of thioether (sulfide) groups is 2. The Bertz CT molecular complexity index is 477. The van der Waals surface area contributed by atoms with Crippen LogP contribution in [0.4, 0.5) is 11.4 Å². The van der Waals surface area contributed by atoms with E-state index in [9.17, 15) is 0 Å². The van der Waals surface area contributed by atoms with Gasteiger partial charge in [-0.3, -0.25) is 0 Å². The minimum Gasteiger partial charge on any atom is -0.319 e. The van der Waals surface area contributed by atoms with E-state index in [0.717, 1.165) is 0 Å². The van der Waals surface area contributed by atoms with Gasteiger partial charge in [0.1, 0.15) is 4.71 Å². The zero-order chi connectivity index (χ0) is 12.2. The molecule has 18 heavy (non-hydrogen) atoms. The minimum absolute atomic E-state index is 0.384. The third-order valence-electron chi connectivity index (χ3n) is 2.73. The van der Waals surface area contributed by atoms with E-state index in [1.165, 1.54) is 11.4 Å². The first-order valence-electron chi connectivity index (χ1n) is 5.80. The topological polar surface area (TPSA) is 3.24 Å². The van der Waals surface area contributed by atoms with Gasteiger partial charge >= 0.3 is 0 Å². The average molecular weight is 271 g/mol. The van der Waals surface area contributed by atoms with Crippen LogP contribution in [0.2, 0.25) is 0 Å². The molecular weight excluding hydrogens is 258 g/mol. The third kappa shape index (κ3) is 2.42. The normalized spacial score (nSPS) is 14.9. The third-order valence-corrected chi connectivity index (χ3v) is 5.04. The molecule has 1 aliphatic heterocycles. The number of hydrogen-bond acceptors (Lipinski definition) is 3. The van der Waals surface area contributed by atoms with Gasteiger partial charge in [-0.1, -0.05) is 59.9 Å². The van der Waals surface area contributed by atoms with E-state index in [2.05, 4.69) is 76.4 Å². The second kappa shape index (κ2) is 5.55. The lowest BCUT2D eigenvalue weighted by Crippen LogP contribution is -2.23. The number of hydrogen-bond donors (Lipinski definition) is 0. The Morgan fingerprint density at radius 1 is 0.667 bits per heavy atom. The summed E-state index contributed by atoms with van der Waals surface area (Å²) in [6.07, 6.45) is 0. The van der Waals surface area contributed by atoms with Gasteiger partial charge in [-0.15, -0.1) is 0 Å². The average Bonchev–Trinajstić information content (AvgIpc) is 2.95. The van der Waals surface area contributed by atoms with Crippen molar-refractivity contribution in [3.05, 3.63) is 71.5 Å². The SMILES string of the molecule is C1=CSC(N(c2ccccc2)c2ccccc2)S1. The van der Waals surface area contributed by atoms with Crippen LogP contribution in [0.15, 0.2) is 71.5 Å². The van der Waals surface area contributed by atoms with Gasteiger partial charge in [0.2, 0.25) is 0 Å². The molecule has 0 saturated heterocycles. The van der Waals surface area contributed by atoms with E-state index < -0.39 is 0 Å². The number of nitrogens with zero attached hydrogens (tertiary/aromatic N) is 1. The number of benzene rings is 2. The molecule has 3 rings (SSSR count). The summed E-state index contributed by atoms with van der Waals surface area (Å²) in [6.45, 7) is 0. The Morgan fingerprint density at radius 3 is 1.56 bits per heavy atom. The van der Waals surface area contributed by atoms with Crippen LogP contribution in [0.5, 0.6) is 0 Å². The second-order valence-corrected chi connectivity index (χ2v) is 6.17. The zero-order valence-electron chi connectivity index (χ0n) is 9.77. The van der Waals surface area contributed by atoms with Crippen LogP contribution in [0.3, 0.4) is 0 Å². The molecule has 0 bridgehead atoms. The molecule has 0 unspecified atom stereocenters. The Kier molecular flexibility index (Phi) is 3.62. The highest BCUT2D eigenvalue weighted by molar-refractivity contribution is 8.22. The maximum Gasteiger partial charge on any atom is 0.134 e. The Morgan fingerprint density at radius 2 is 1.11 bits per heavy atom. The van der Waals surface area contributed by atoms with E-state index in [1.54, 1.807) is 0 Å². The molecule has 0 aliphatic carbocycles. The van der Waals surface area contributed by atoms with Gasteiger partial charge in [0.15, 0.2) is 0 Å². The second-order valence-electron chi connectivity index (χ2n) is 3.89. The summed E-state index contributed by atoms with van der Waals surface area (Å²) in [5.41, 5.74) is 2.47. The molecular formula is C15H13NS2. The molecule has 0 fully saturated rings. The number of para-hydroxylation sites is 2. The van der Waals surface area contributed by atoms with E-state index in [1.807, 2.05) is 23.5 Å². The number of rotatable bonds is 3. The molecule has 0 aromatic heterocycles. The minimum atomic E-state index is 0.384. The van der Waals surface area contributed by atoms with Gasteiger partial charge in [0.25, 0.3) is 0 Å². The lowest BCUT2D eigenvalue weighted by molar-refractivity contribution is 1.13. The van der Waals surface area contributed by atoms with Crippen LogP contribution >= 0.6 is 23.5 Å². The molecule has 0 spiro atoms. The molecule has 3 heteroatoms. The van der Waals surface area contributed by atoms with Crippen LogP contribution < -0.4 is 4.90 Å². The van der Waals surface area contributed by atoms with Crippen molar-refractivity contribution in [1.29, 1.82) is 0 Å². The lowest BCUT2D eigenvalue weighted by atomic mass is 10.2. The lowest BCUT2D eigenvalue weighted by Gasteiger charge is -2.29. The first-order valence-corrected chi connectivity index (χ1v) is 7.69. The largest absolute Gasteiger partial charge is 0.319 e. The summed E-state index contributed by atoms with van der Waals surface area (Å²) in [5, 5.41) is 4.32. The molecule has 1 aliphatic rings. The molecule has 90 valence electrons. The van der Waals surface area contributed by atoms with E-state index in [0.29, 0.717) is 4.71 Å². The molecule has 0 radical (unpaired) electrons. The summed E-state index contributed by atoms with van der Waals surface area (Å²) in [7, 11) is 0. The fraction of sp³-hybridized carbons (Fsp3) is 0.0667. The predicted octanol–water partition coefficient (Wildman–Crippen LogP) is 5.06. The molecule has 0 amide bonds. The van der Waals surface area contributed by atoms with Crippen molar-refractivity contribution in [2.45, 2.75) is 4.71 Å². The van der Waals surface area contributed by atoms with Crippen LogP contribution in [0.25, 0.3) is 0 Å². The van der Waals surface area contributed by atoms with Crippen LogP contribution in [-0.4, -0.2) is 4.71 Å².